The van der Waals surface area contributed by atoms with Crippen LogP contribution in [0.5, 0.6) is 0 Å². The molecule has 60 valence electrons. The fourth-order valence-corrected chi connectivity index (χ4v) is 0.346. The second kappa shape index (κ2) is 4.21. The molecule has 0 aliphatic heterocycles. The van der Waals surface area contributed by atoms with Gasteiger partial charge in [-0.1, -0.05) is 6.08 Å². The molecule has 0 aromatic rings. The van der Waals surface area contributed by atoms with Crippen LogP contribution in [-0.4, -0.2) is 17.7 Å². The van der Waals surface area contributed by atoms with Crippen molar-refractivity contribution in [2.75, 3.05) is 0 Å². The summed E-state index contributed by atoms with van der Waals surface area (Å²) in [4.78, 5) is 29.6. The Bertz CT molecular complexity index is 215. The Hall–Kier alpha value is -1.65. The molecule has 5 heteroatoms. The van der Waals surface area contributed by atoms with Gasteiger partial charge >= 0.3 is 0 Å². The summed E-state index contributed by atoms with van der Waals surface area (Å²) in [6, 6.07) is 0. The fourth-order valence-electron chi connectivity index (χ4n) is 0.346. The van der Waals surface area contributed by atoms with Crippen LogP contribution in [0.1, 0.15) is 6.42 Å². The van der Waals surface area contributed by atoms with E-state index in [1.54, 1.807) is 0 Å². The summed E-state index contributed by atoms with van der Waals surface area (Å²) in [6.07, 6.45) is 0.977. The van der Waals surface area contributed by atoms with Crippen LogP contribution in [0.3, 0.4) is 0 Å². The molecule has 0 bridgehead atoms. The van der Waals surface area contributed by atoms with Crippen LogP contribution in [0, 0.1) is 0 Å². The van der Waals surface area contributed by atoms with Gasteiger partial charge in [-0.2, -0.15) is 0 Å². The van der Waals surface area contributed by atoms with Crippen molar-refractivity contribution in [2.45, 2.75) is 6.42 Å². The van der Waals surface area contributed by atoms with Crippen molar-refractivity contribution in [3.8, 4) is 0 Å². The lowest BCUT2D eigenvalue weighted by Crippen LogP contribution is -2.31. The Labute approximate surface area is 61.9 Å². The number of carboxylic acids is 2. The minimum atomic E-state index is -1.83. The summed E-state index contributed by atoms with van der Waals surface area (Å²) in [5.74, 6) is -4.47. The number of hydrogen-bond acceptors (Lipinski definition) is 5. The molecule has 0 fully saturated rings. The average molecular weight is 156 g/mol. The van der Waals surface area contributed by atoms with Crippen molar-refractivity contribution in [3.63, 3.8) is 0 Å². The van der Waals surface area contributed by atoms with Gasteiger partial charge in [0.2, 0.25) is 0 Å². The first kappa shape index (κ1) is 9.35. The van der Waals surface area contributed by atoms with Gasteiger partial charge in [-0.05, 0) is 6.08 Å². The summed E-state index contributed by atoms with van der Waals surface area (Å²) in [6.45, 7) is 0. The third-order valence-corrected chi connectivity index (χ3v) is 0.785. The van der Waals surface area contributed by atoms with Crippen molar-refractivity contribution in [1.29, 1.82) is 0 Å². The van der Waals surface area contributed by atoms with E-state index >= 15 is 0 Å². The predicted octanol–water partition coefficient (Wildman–Crippen LogP) is -3.00. The highest BCUT2D eigenvalue weighted by atomic mass is 16.4. The minimum Gasteiger partial charge on any atom is -0.545 e. The number of aliphatic carboxylic acids is 2. The Kier molecular flexibility index (Phi) is 3.58. The van der Waals surface area contributed by atoms with Gasteiger partial charge in [0.05, 0.1) is 5.97 Å². The Balaban J connectivity index is 3.80. The molecular formula is C6H4O5-2. The van der Waals surface area contributed by atoms with Gasteiger partial charge in [-0.15, -0.1) is 0 Å². The Morgan fingerprint density at radius 3 is 2.09 bits per heavy atom. The molecule has 0 radical (unpaired) electrons. The van der Waals surface area contributed by atoms with Gasteiger partial charge in [0.15, 0.2) is 5.78 Å². The maximum Gasteiger partial charge on any atom is 0.182 e. The molecule has 0 aliphatic carbocycles. The van der Waals surface area contributed by atoms with Crippen molar-refractivity contribution in [3.05, 3.63) is 12.2 Å². The third kappa shape index (κ3) is 4.83. The van der Waals surface area contributed by atoms with E-state index in [1.807, 2.05) is 0 Å². The monoisotopic (exact) mass is 156 g/mol. The van der Waals surface area contributed by atoms with E-state index in [4.69, 9.17) is 0 Å². The Morgan fingerprint density at radius 1 is 1.18 bits per heavy atom. The normalized spacial score (nSPS) is 9.82. The first-order valence-corrected chi connectivity index (χ1v) is 2.65. The molecule has 0 aromatic heterocycles. The molecule has 5 nitrogen and oxygen atoms in total. The highest BCUT2D eigenvalue weighted by molar-refractivity contribution is 6.32. The first-order valence-electron chi connectivity index (χ1n) is 2.65. The molecule has 0 amide bonds. The second-order valence-corrected chi connectivity index (χ2v) is 1.64. The predicted molar refractivity (Wildman–Crippen MR) is 28.8 cm³/mol. The van der Waals surface area contributed by atoms with Crippen molar-refractivity contribution in [1.82, 2.24) is 0 Å². The molecule has 0 aromatic carbocycles. The molecular weight excluding hydrogens is 152 g/mol. The Morgan fingerprint density at radius 2 is 1.73 bits per heavy atom. The molecule has 0 aliphatic rings. The number of hydrogen-bond donors (Lipinski definition) is 0. The van der Waals surface area contributed by atoms with Gasteiger partial charge in [0.1, 0.15) is 5.97 Å². The van der Waals surface area contributed by atoms with Crippen LogP contribution in [0.2, 0.25) is 0 Å². The van der Waals surface area contributed by atoms with Gasteiger partial charge in [0, 0.05) is 6.42 Å². The van der Waals surface area contributed by atoms with Crippen molar-refractivity contribution < 1.29 is 24.6 Å². The van der Waals surface area contributed by atoms with E-state index in [0.717, 1.165) is 6.08 Å². The lowest BCUT2D eigenvalue weighted by molar-refractivity contribution is -0.300. The largest absolute Gasteiger partial charge is 0.545 e. The number of carbonyl (C=O) groups excluding carboxylic acids is 3. The highest BCUT2D eigenvalue weighted by Crippen LogP contribution is 1.83. The molecule has 0 heterocycles. The zero-order valence-electron chi connectivity index (χ0n) is 5.40. The van der Waals surface area contributed by atoms with Gasteiger partial charge in [-0.25, -0.2) is 0 Å². The zero-order valence-corrected chi connectivity index (χ0v) is 5.40. The summed E-state index contributed by atoms with van der Waals surface area (Å²) < 4.78 is 0. The van der Waals surface area contributed by atoms with Gasteiger partial charge in [-0.3, -0.25) is 4.79 Å². The molecule has 0 unspecified atom stereocenters. The molecule has 0 atom stereocenters. The van der Waals surface area contributed by atoms with E-state index in [9.17, 15) is 24.6 Å². The van der Waals surface area contributed by atoms with Crippen molar-refractivity contribution in [2.24, 2.45) is 0 Å². The van der Waals surface area contributed by atoms with Crippen LogP contribution in [-0.2, 0) is 14.4 Å². The second-order valence-electron chi connectivity index (χ2n) is 1.64. The smallest absolute Gasteiger partial charge is 0.182 e. The average Bonchev–Trinajstić information content (AvgIpc) is 1.86. The summed E-state index contributed by atoms with van der Waals surface area (Å²) in [7, 11) is 0. The lowest BCUT2D eigenvalue weighted by atomic mass is 10.3. The maximum absolute atomic E-state index is 10.2. The highest BCUT2D eigenvalue weighted by Gasteiger charge is 1.96. The summed E-state index contributed by atoms with van der Waals surface area (Å²) in [5.41, 5.74) is 0. The number of rotatable bonds is 4. The van der Waals surface area contributed by atoms with Crippen LogP contribution in [0.15, 0.2) is 12.2 Å². The summed E-state index contributed by atoms with van der Waals surface area (Å²) >= 11 is 0. The molecule has 0 spiro atoms. The van der Waals surface area contributed by atoms with Gasteiger partial charge < -0.3 is 19.8 Å². The molecule has 11 heavy (non-hydrogen) atoms. The van der Waals surface area contributed by atoms with Crippen LogP contribution in [0.4, 0.5) is 0 Å². The SMILES string of the molecule is O=C([O-])/C=C/CC(=O)C(=O)[O-]. The number of Topliss-reactive ketones (excluding diaryl/α,β-unsaturated/α-hetero) is 1. The number of carboxylic acid groups (broad SMARTS) is 2. The van der Waals surface area contributed by atoms with E-state index in [1.165, 1.54) is 0 Å². The first-order chi connectivity index (χ1) is 5.04. The lowest BCUT2D eigenvalue weighted by Gasteiger charge is -1.95. The van der Waals surface area contributed by atoms with Crippen LogP contribution in [0.25, 0.3) is 0 Å². The van der Waals surface area contributed by atoms with E-state index in [0.29, 0.717) is 6.08 Å². The topological polar surface area (TPSA) is 97.3 Å². The number of carbonyl (C=O) groups is 3. The zero-order chi connectivity index (χ0) is 8.85. The molecule has 0 rings (SSSR count). The van der Waals surface area contributed by atoms with Crippen LogP contribution >= 0.6 is 0 Å². The quantitative estimate of drug-likeness (QED) is 0.319. The van der Waals surface area contributed by atoms with Crippen LogP contribution < -0.4 is 10.2 Å². The third-order valence-electron chi connectivity index (χ3n) is 0.785. The maximum atomic E-state index is 10.2. The van der Waals surface area contributed by atoms with Gasteiger partial charge in [0.25, 0.3) is 0 Å². The van der Waals surface area contributed by atoms with Crippen molar-refractivity contribution >= 4 is 17.7 Å². The summed E-state index contributed by atoms with van der Waals surface area (Å²) in [5, 5.41) is 19.4. The molecule has 0 N–H and O–H groups in total. The standard InChI is InChI=1S/C6H6O5/c7-4(6(10)11)2-1-3-5(8)9/h1,3H,2H2,(H,8,9)(H,10,11)/p-2/b3-1+. The number of ketones is 1. The molecule has 0 saturated heterocycles. The van der Waals surface area contributed by atoms with E-state index < -0.39 is 24.1 Å². The number of allylic oxidation sites excluding steroid dienone is 1. The van der Waals surface area contributed by atoms with E-state index in [2.05, 4.69) is 0 Å². The fraction of sp³-hybridized carbons (Fsp3) is 0.167. The van der Waals surface area contributed by atoms with E-state index in [-0.39, 0.29) is 0 Å². The molecule has 0 saturated carbocycles. The minimum absolute atomic E-state index is 0.490.